The lowest BCUT2D eigenvalue weighted by atomic mass is 9.87. The monoisotopic (exact) mass is 349 g/mol. The molecule has 1 fully saturated rings. The van der Waals surface area contributed by atoms with Gasteiger partial charge in [0.25, 0.3) is 0 Å². The molecular weight excluding hydrogens is 318 g/mol. The van der Waals surface area contributed by atoms with Gasteiger partial charge in [0.2, 0.25) is 0 Å². The van der Waals surface area contributed by atoms with Gasteiger partial charge in [-0.1, -0.05) is 40.0 Å². The number of nitrogens with two attached hydrogens (primary N) is 1. The fourth-order valence-electron chi connectivity index (χ4n) is 2.92. The Balaban J connectivity index is 0.00000484. The fourth-order valence-corrected chi connectivity index (χ4v) is 2.92. The van der Waals surface area contributed by atoms with Gasteiger partial charge >= 0.3 is 11.9 Å². The van der Waals surface area contributed by atoms with Crippen molar-refractivity contribution in [2.24, 2.45) is 17.6 Å². The molecule has 0 bridgehead atoms. The van der Waals surface area contributed by atoms with Crippen LogP contribution >= 0.6 is 12.4 Å². The Morgan fingerprint density at radius 2 is 1.96 bits per heavy atom. The molecule has 0 radical (unpaired) electrons. The maximum Gasteiger partial charge on any atom is 0.323 e. The highest BCUT2D eigenvalue weighted by molar-refractivity contribution is 5.85. The smallest absolute Gasteiger partial charge is 0.323 e. The van der Waals surface area contributed by atoms with E-state index >= 15 is 0 Å². The van der Waals surface area contributed by atoms with E-state index in [4.69, 9.17) is 15.2 Å². The van der Waals surface area contributed by atoms with Gasteiger partial charge in [0.05, 0.1) is 5.92 Å². The Morgan fingerprint density at radius 3 is 2.52 bits per heavy atom. The van der Waals surface area contributed by atoms with Crippen molar-refractivity contribution in [3.8, 4) is 0 Å². The molecular formula is C17H32ClNO4. The number of carbonyl (C=O) groups excluding carboxylic acids is 2. The molecule has 0 aromatic carbocycles. The molecule has 1 rings (SSSR count). The quantitative estimate of drug-likeness (QED) is 0.788. The third-order valence-corrected chi connectivity index (χ3v) is 4.26. The minimum absolute atomic E-state index is 0. The van der Waals surface area contributed by atoms with E-state index in [9.17, 15) is 9.59 Å². The predicted octanol–water partition coefficient (Wildman–Crippen LogP) is 3.23. The first-order chi connectivity index (χ1) is 10.4. The molecule has 136 valence electrons. The SMILES string of the molecule is CCC[C@H]1CCCC[C@H](N)C(=O)O[C@@H](C)[C@@H]1OC(=O)C(C)C.Cl. The summed E-state index contributed by atoms with van der Waals surface area (Å²) in [7, 11) is 0. The number of hydrogen-bond acceptors (Lipinski definition) is 5. The predicted molar refractivity (Wildman–Crippen MR) is 92.4 cm³/mol. The molecule has 0 aromatic heterocycles. The van der Waals surface area contributed by atoms with Gasteiger partial charge in [-0.05, 0) is 32.1 Å². The van der Waals surface area contributed by atoms with Gasteiger partial charge in [0, 0.05) is 0 Å². The topological polar surface area (TPSA) is 78.6 Å². The minimum Gasteiger partial charge on any atom is -0.458 e. The third kappa shape index (κ3) is 7.08. The molecule has 1 aliphatic rings. The summed E-state index contributed by atoms with van der Waals surface area (Å²) in [6.45, 7) is 7.54. The van der Waals surface area contributed by atoms with Crippen LogP contribution in [0.2, 0.25) is 0 Å². The molecule has 0 amide bonds. The second-order valence-corrected chi connectivity index (χ2v) is 6.64. The fraction of sp³-hybridized carbons (Fsp3) is 0.882. The van der Waals surface area contributed by atoms with Crippen molar-refractivity contribution in [1.29, 1.82) is 0 Å². The zero-order valence-electron chi connectivity index (χ0n) is 14.7. The maximum atomic E-state index is 12.0. The van der Waals surface area contributed by atoms with Crippen molar-refractivity contribution in [3.05, 3.63) is 0 Å². The highest BCUT2D eigenvalue weighted by Gasteiger charge is 2.34. The second-order valence-electron chi connectivity index (χ2n) is 6.64. The number of hydrogen-bond donors (Lipinski definition) is 1. The first kappa shape index (κ1) is 22.2. The van der Waals surface area contributed by atoms with E-state index in [1.165, 1.54) is 0 Å². The molecule has 1 saturated heterocycles. The molecule has 0 aromatic rings. The number of cyclic esters (lactones) is 1. The first-order valence-corrected chi connectivity index (χ1v) is 8.53. The molecule has 5 nitrogen and oxygen atoms in total. The lowest BCUT2D eigenvalue weighted by Crippen LogP contribution is -2.43. The van der Waals surface area contributed by atoms with Gasteiger partial charge in [-0.3, -0.25) is 9.59 Å². The molecule has 0 saturated carbocycles. The first-order valence-electron chi connectivity index (χ1n) is 8.53. The minimum atomic E-state index is -0.577. The summed E-state index contributed by atoms with van der Waals surface area (Å²) in [6.07, 6.45) is 4.65. The molecule has 1 aliphatic heterocycles. The summed E-state index contributed by atoms with van der Waals surface area (Å²) < 4.78 is 11.2. The van der Waals surface area contributed by atoms with Crippen LogP contribution in [0.25, 0.3) is 0 Å². The van der Waals surface area contributed by atoms with Gasteiger partial charge in [-0.25, -0.2) is 0 Å². The van der Waals surface area contributed by atoms with E-state index in [0.29, 0.717) is 6.42 Å². The Hall–Kier alpha value is -0.810. The van der Waals surface area contributed by atoms with Crippen LogP contribution < -0.4 is 5.73 Å². The molecule has 0 unspecified atom stereocenters. The second kappa shape index (κ2) is 10.9. The normalized spacial score (nSPS) is 29.4. The van der Waals surface area contributed by atoms with Crippen molar-refractivity contribution in [2.75, 3.05) is 0 Å². The molecule has 0 aliphatic carbocycles. The number of rotatable bonds is 4. The average Bonchev–Trinajstić information content (AvgIpc) is 2.46. The Morgan fingerprint density at radius 1 is 1.35 bits per heavy atom. The van der Waals surface area contributed by atoms with Gasteiger partial charge in [0.1, 0.15) is 18.2 Å². The van der Waals surface area contributed by atoms with Crippen LogP contribution in [0.5, 0.6) is 0 Å². The number of carbonyl (C=O) groups is 2. The standard InChI is InChI=1S/C17H31NO4.ClH/c1-5-8-13-9-6-7-10-14(18)17(20)21-12(4)15(13)22-16(19)11(2)3;/h11-15H,5-10,18H2,1-4H3;1H/t12-,13-,14-,15-;/m0./s1. The number of esters is 2. The molecule has 6 heteroatoms. The van der Waals surface area contributed by atoms with E-state index in [1.54, 1.807) is 6.92 Å². The summed E-state index contributed by atoms with van der Waals surface area (Å²) in [6, 6.07) is -0.577. The molecule has 23 heavy (non-hydrogen) atoms. The highest BCUT2D eigenvalue weighted by Crippen LogP contribution is 2.27. The number of ether oxygens (including phenoxy) is 2. The zero-order valence-corrected chi connectivity index (χ0v) is 15.6. The maximum absolute atomic E-state index is 12.0. The summed E-state index contributed by atoms with van der Waals surface area (Å²) in [5, 5.41) is 0. The average molecular weight is 350 g/mol. The van der Waals surface area contributed by atoms with Crippen molar-refractivity contribution < 1.29 is 19.1 Å². The van der Waals surface area contributed by atoms with Crippen LogP contribution in [-0.4, -0.2) is 30.2 Å². The van der Waals surface area contributed by atoms with E-state index in [0.717, 1.165) is 32.1 Å². The van der Waals surface area contributed by atoms with Crippen molar-refractivity contribution in [1.82, 2.24) is 0 Å². The van der Waals surface area contributed by atoms with E-state index in [1.807, 2.05) is 13.8 Å². The van der Waals surface area contributed by atoms with Crippen LogP contribution in [0, 0.1) is 11.8 Å². The van der Waals surface area contributed by atoms with Crippen LogP contribution in [-0.2, 0) is 19.1 Å². The third-order valence-electron chi connectivity index (χ3n) is 4.26. The van der Waals surface area contributed by atoms with Crippen molar-refractivity contribution in [3.63, 3.8) is 0 Å². The van der Waals surface area contributed by atoms with Crippen LogP contribution in [0.15, 0.2) is 0 Å². The Kier molecular flexibility index (Phi) is 10.5. The van der Waals surface area contributed by atoms with Crippen molar-refractivity contribution in [2.45, 2.75) is 84.5 Å². The van der Waals surface area contributed by atoms with Gasteiger partial charge in [-0.2, -0.15) is 0 Å². The van der Waals surface area contributed by atoms with E-state index < -0.39 is 18.1 Å². The largest absolute Gasteiger partial charge is 0.458 e. The molecule has 2 N–H and O–H groups in total. The highest BCUT2D eigenvalue weighted by atomic mass is 35.5. The van der Waals surface area contributed by atoms with Gasteiger partial charge < -0.3 is 15.2 Å². The Labute approximate surface area is 146 Å². The van der Waals surface area contributed by atoms with Crippen LogP contribution in [0.3, 0.4) is 0 Å². The van der Waals surface area contributed by atoms with Gasteiger partial charge in [-0.15, -0.1) is 12.4 Å². The van der Waals surface area contributed by atoms with Crippen molar-refractivity contribution >= 4 is 24.3 Å². The van der Waals surface area contributed by atoms with E-state index in [-0.39, 0.29) is 36.3 Å². The summed E-state index contributed by atoms with van der Waals surface area (Å²) in [5.74, 6) is -0.599. The molecule has 0 spiro atoms. The molecule has 4 atom stereocenters. The summed E-state index contributed by atoms with van der Waals surface area (Å²) >= 11 is 0. The summed E-state index contributed by atoms with van der Waals surface area (Å²) in [4.78, 5) is 24.0. The molecule has 1 heterocycles. The Bertz CT molecular complexity index is 376. The lowest BCUT2D eigenvalue weighted by molar-refractivity contribution is -0.175. The van der Waals surface area contributed by atoms with Crippen LogP contribution in [0.1, 0.15) is 66.2 Å². The lowest BCUT2D eigenvalue weighted by Gasteiger charge is -2.33. The number of halogens is 1. The zero-order chi connectivity index (χ0) is 16.7. The van der Waals surface area contributed by atoms with Crippen LogP contribution in [0.4, 0.5) is 0 Å². The summed E-state index contributed by atoms with van der Waals surface area (Å²) in [5.41, 5.74) is 5.84. The van der Waals surface area contributed by atoms with E-state index in [2.05, 4.69) is 6.92 Å². The van der Waals surface area contributed by atoms with Gasteiger partial charge in [0.15, 0.2) is 0 Å².